The number of carbonyl (C=O) groups is 4. The number of rotatable bonds is 12. The number of carbonyl (C=O) groups excluding carboxylic acids is 4. The van der Waals surface area contributed by atoms with Crippen LogP contribution in [0.15, 0.2) is 65.6 Å². The second-order valence-corrected chi connectivity index (χ2v) is 18.8. The molecule has 2 fully saturated rings. The maximum atomic E-state index is 15.7. The number of ether oxygens (including phenoxy) is 2. The lowest BCUT2D eigenvalue weighted by Gasteiger charge is -2.35. The van der Waals surface area contributed by atoms with Crippen LogP contribution in [-0.4, -0.2) is 117 Å². The van der Waals surface area contributed by atoms with Gasteiger partial charge in [0.25, 0.3) is 11.8 Å². The number of benzene rings is 2. The van der Waals surface area contributed by atoms with Crippen molar-refractivity contribution in [1.82, 2.24) is 24.8 Å². The highest BCUT2D eigenvalue weighted by Gasteiger charge is 2.39. The van der Waals surface area contributed by atoms with E-state index in [0.717, 1.165) is 6.07 Å². The van der Waals surface area contributed by atoms with E-state index in [-0.39, 0.29) is 85.1 Å². The van der Waals surface area contributed by atoms with Crippen molar-refractivity contribution in [1.29, 1.82) is 0 Å². The second kappa shape index (κ2) is 18.3. The van der Waals surface area contributed by atoms with Crippen molar-refractivity contribution in [3.63, 3.8) is 0 Å². The summed E-state index contributed by atoms with van der Waals surface area (Å²) >= 11 is 6.22. The van der Waals surface area contributed by atoms with Gasteiger partial charge in [-0.15, -0.1) is 0 Å². The number of nitrogens with one attached hydrogen (secondary N) is 2. The summed E-state index contributed by atoms with van der Waals surface area (Å²) in [5.41, 5.74) is -1.53. The molecule has 19 heteroatoms. The van der Waals surface area contributed by atoms with Gasteiger partial charge in [-0.3, -0.25) is 9.59 Å². The molecule has 1 unspecified atom stereocenters. The quantitative estimate of drug-likeness (QED) is 0.163. The zero-order valence-corrected chi connectivity index (χ0v) is 36.3. The first kappa shape index (κ1) is 46.0. The minimum Gasteiger partial charge on any atom is -0.444 e. The molecule has 0 saturated carbocycles. The Hall–Kier alpha value is -5.07. The number of alkyl carbamates (subject to hydrolysis) is 1. The standard InChI is InChI=1S/C41H52ClF2N7O8S/c1-39(2,3)58-37(54)46-17-8-18-50(38(55)59-40(4,5)6)31-25-35(52)51(26-31)30-13-15-32(16-14-30)60(56,57)49-21-19-48(20-22-49)34-24-29(23-33(42)47-34)41(43,44)28-11-9-27(10-12-28)36(53)45-7/h9-16,23-24,31H,8,17-22,25-26H2,1-7H3,(H,45,53)(H,46,54). The summed E-state index contributed by atoms with van der Waals surface area (Å²) < 4.78 is 71.1. The van der Waals surface area contributed by atoms with E-state index >= 15 is 8.78 Å². The predicted octanol–water partition coefficient (Wildman–Crippen LogP) is 6.00. The normalized spacial score (nSPS) is 16.7. The maximum Gasteiger partial charge on any atom is 0.410 e. The van der Waals surface area contributed by atoms with Crippen LogP contribution >= 0.6 is 11.6 Å². The monoisotopic (exact) mass is 875 g/mol. The Morgan fingerprint density at radius 3 is 2.10 bits per heavy atom. The molecule has 3 aromatic rings. The van der Waals surface area contributed by atoms with Gasteiger partial charge in [0.1, 0.15) is 22.2 Å². The minimum atomic E-state index is -3.99. The molecule has 1 aromatic heterocycles. The lowest BCUT2D eigenvalue weighted by Crippen LogP contribution is -2.49. The molecule has 326 valence electrons. The number of aromatic nitrogens is 1. The number of alkyl halides is 2. The Morgan fingerprint density at radius 1 is 0.900 bits per heavy atom. The Labute approximate surface area is 354 Å². The molecule has 0 aliphatic carbocycles. The molecule has 0 spiro atoms. The highest BCUT2D eigenvalue weighted by atomic mass is 35.5. The third-order valence-electron chi connectivity index (χ3n) is 9.65. The summed E-state index contributed by atoms with van der Waals surface area (Å²) in [7, 11) is -2.55. The average molecular weight is 876 g/mol. The van der Waals surface area contributed by atoms with Crippen LogP contribution in [0.25, 0.3) is 0 Å². The number of nitrogens with zero attached hydrogens (tertiary/aromatic N) is 5. The molecule has 0 bridgehead atoms. The van der Waals surface area contributed by atoms with Gasteiger partial charge in [0.15, 0.2) is 0 Å². The first-order chi connectivity index (χ1) is 28.0. The Balaban J connectivity index is 1.22. The largest absolute Gasteiger partial charge is 0.444 e. The van der Waals surface area contributed by atoms with Gasteiger partial charge in [0, 0.05) is 81.7 Å². The van der Waals surface area contributed by atoms with Gasteiger partial charge in [0.2, 0.25) is 15.9 Å². The van der Waals surface area contributed by atoms with E-state index in [1.807, 2.05) is 0 Å². The van der Waals surface area contributed by atoms with E-state index in [0.29, 0.717) is 12.1 Å². The third kappa shape index (κ3) is 11.4. The highest BCUT2D eigenvalue weighted by molar-refractivity contribution is 7.89. The van der Waals surface area contributed by atoms with Crippen molar-refractivity contribution in [3.05, 3.63) is 82.5 Å². The van der Waals surface area contributed by atoms with Gasteiger partial charge in [-0.25, -0.2) is 23.0 Å². The van der Waals surface area contributed by atoms with Gasteiger partial charge in [-0.2, -0.15) is 13.1 Å². The number of pyridine rings is 1. The van der Waals surface area contributed by atoms with Crippen LogP contribution in [0.1, 0.15) is 75.9 Å². The summed E-state index contributed by atoms with van der Waals surface area (Å²) in [6.45, 7) is 11.4. The molecule has 2 saturated heterocycles. The lowest BCUT2D eigenvalue weighted by atomic mass is 9.99. The van der Waals surface area contributed by atoms with Gasteiger partial charge < -0.3 is 34.8 Å². The second-order valence-electron chi connectivity index (χ2n) is 16.5. The van der Waals surface area contributed by atoms with Gasteiger partial charge >= 0.3 is 12.2 Å². The molecule has 2 aliphatic heterocycles. The summed E-state index contributed by atoms with van der Waals surface area (Å²) in [5.74, 6) is -3.98. The van der Waals surface area contributed by atoms with Crippen molar-refractivity contribution in [2.45, 2.75) is 82.4 Å². The van der Waals surface area contributed by atoms with E-state index in [4.69, 9.17) is 21.1 Å². The Kier molecular flexibility index (Phi) is 14.0. The third-order valence-corrected chi connectivity index (χ3v) is 11.8. The zero-order chi connectivity index (χ0) is 44.2. The van der Waals surface area contributed by atoms with Crippen molar-refractivity contribution < 1.29 is 45.9 Å². The molecule has 15 nitrogen and oxygen atoms in total. The van der Waals surface area contributed by atoms with Crippen LogP contribution in [0.2, 0.25) is 5.15 Å². The Bertz CT molecular complexity index is 2160. The van der Waals surface area contributed by atoms with Crippen LogP contribution in [-0.2, 0) is 30.2 Å². The van der Waals surface area contributed by atoms with E-state index in [1.54, 1.807) is 46.4 Å². The topological polar surface area (TPSA) is 171 Å². The maximum absolute atomic E-state index is 15.7. The van der Waals surface area contributed by atoms with Crippen molar-refractivity contribution >= 4 is 57.1 Å². The fraction of sp³-hybridized carbons (Fsp3) is 0.488. The molecule has 4 amide bonds. The van der Waals surface area contributed by atoms with Crippen molar-refractivity contribution in [2.24, 2.45) is 0 Å². The molecule has 0 radical (unpaired) electrons. The number of hydrogen-bond donors (Lipinski definition) is 2. The number of sulfonamides is 1. The number of anilines is 2. The first-order valence-corrected chi connectivity index (χ1v) is 21.3. The summed E-state index contributed by atoms with van der Waals surface area (Å²) in [4.78, 5) is 59.5. The zero-order valence-electron chi connectivity index (χ0n) is 34.8. The van der Waals surface area contributed by atoms with Crippen LogP contribution in [0.4, 0.5) is 29.9 Å². The van der Waals surface area contributed by atoms with E-state index in [2.05, 4.69) is 15.6 Å². The highest BCUT2D eigenvalue weighted by Crippen LogP contribution is 2.38. The molecule has 2 N–H and O–H groups in total. The van der Waals surface area contributed by atoms with Crippen LogP contribution < -0.4 is 20.4 Å². The lowest BCUT2D eigenvalue weighted by molar-refractivity contribution is -0.117. The molecular formula is C41H52ClF2N7O8S. The molecule has 3 heterocycles. The average Bonchev–Trinajstić information content (AvgIpc) is 3.56. The van der Waals surface area contributed by atoms with Crippen LogP contribution in [0.5, 0.6) is 0 Å². The number of halogens is 3. The van der Waals surface area contributed by atoms with Gasteiger partial charge in [0.05, 0.1) is 10.9 Å². The number of amides is 4. The molecule has 60 heavy (non-hydrogen) atoms. The van der Waals surface area contributed by atoms with Crippen LogP contribution in [0, 0.1) is 0 Å². The van der Waals surface area contributed by atoms with E-state index in [9.17, 15) is 27.6 Å². The van der Waals surface area contributed by atoms with E-state index < -0.39 is 56.8 Å². The summed E-state index contributed by atoms with van der Waals surface area (Å²) in [5, 5.41) is 4.96. The van der Waals surface area contributed by atoms with Crippen molar-refractivity contribution in [3.8, 4) is 0 Å². The SMILES string of the molecule is CNC(=O)c1ccc(C(F)(F)c2cc(Cl)nc(N3CCN(S(=O)(=O)c4ccc(N5CC(N(CCCNC(=O)OC(C)(C)C)C(=O)OC(C)(C)C)CC5=O)cc4)CC3)c2)cc1. The van der Waals surface area contributed by atoms with E-state index in [1.165, 1.54) is 75.8 Å². The molecule has 5 rings (SSSR count). The molecule has 1 atom stereocenters. The fourth-order valence-corrected chi connectivity index (χ4v) is 8.34. The van der Waals surface area contributed by atoms with Crippen LogP contribution in [0.3, 0.4) is 0 Å². The first-order valence-electron chi connectivity index (χ1n) is 19.5. The molecule has 2 aromatic carbocycles. The number of piperazine rings is 1. The molecular weight excluding hydrogens is 824 g/mol. The fourth-order valence-electron chi connectivity index (χ4n) is 6.72. The molecule has 2 aliphatic rings. The van der Waals surface area contributed by atoms with Crippen molar-refractivity contribution in [2.75, 3.05) is 62.7 Å². The minimum absolute atomic E-state index is 0.000935. The Morgan fingerprint density at radius 2 is 1.52 bits per heavy atom. The summed E-state index contributed by atoms with van der Waals surface area (Å²) in [6.07, 6.45) is -0.805. The van der Waals surface area contributed by atoms with Gasteiger partial charge in [-0.05, 0) is 96.5 Å². The predicted molar refractivity (Wildman–Crippen MR) is 222 cm³/mol. The smallest absolute Gasteiger partial charge is 0.410 e. The number of hydrogen-bond acceptors (Lipinski definition) is 10. The summed E-state index contributed by atoms with van der Waals surface area (Å²) in [6, 6.07) is 12.6. The van der Waals surface area contributed by atoms with Gasteiger partial charge in [-0.1, -0.05) is 23.7 Å².